The van der Waals surface area contributed by atoms with E-state index in [-0.39, 0.29) is 0 Å². The van der Waals surface area contributed by atoms with Gasteiger partial charge in [0.05, 0.1) is 12.4 Å². The fourth-order valence-electron chi connectivity index (χ4n) is 3.41. The number of aromatic hydroxyl groups is 1. The summed E-state index contributed by atoms with van der Waals surface area (Å²) in [6.45, 7) is 3.74. The minimum absolute atomic E-state index is 0.357. The van der Waals surface area contributed by atoms with Gasteiger partial charge in [-0.1, -0.05) is 48.6 Å². The Morgan fingerprint density at radius 1 is 1.07 bits per heavy atom. The number of hydrogen-bond acceptors (Lipinski definition) is 4. The summed E-state index contributed by atoms with van der Waals surface area (Å²) in [5, 5.41) is 30.7. The van der Waals surface area contributed by atoms with Crippen molar-refractivity contribution in [3.05, 3.63) is 102 Å². The van der Waals surface area contributed by atoms with Crippen LogP contribution in [0.15, 0.2) is 84.0 Å². The van der Waals surface area contributed by atoms with Crippen LogP contribution < -0.4 is 0 Å². The number of phenols is 1. The molecule has 0 aliphatic heterocycles. The average molecular weight is 408 g/mol. The maximum absolute atomic E-state index is 13.8. The highest BCUT2D eigenvalue weighted by atomic mass is 19.1. The molecule has 0 fully saturated rings. The first kappa shape index (κ1) is 21.6. The molecule has 156 valence electrons. The monoisotopic (exact) mass is 408 g/mol. The summed E-state index contributed by atoms with van der Waals surface area (Å²) >= 11 is 0. The van der Waals surface area contributed by atoms with Crippen molar-refractivity contribution in [2.24, 2.45) is 5.92 Å². The molecule has 2 aromatic carbocycles. The summed E-state index contributed by atoms with van der Waals surface area (Å²) in [6.07, 6.45) is 3.82. The van der Waals surface area contributed by atoms with E-state index < -0.39 is 29.7 Å². The van der Waals surface area contributed by atoms with Crippen LogP contribution in [0.25, 0.3) is 11.6 Å². The summed E-state index contributed by atoms with van der Waals surface area (Å²) in [4.78, 5) is 0. The molecule has 0 aliphatic rings. The van der Waals surface area contributed by atoms with Crippen LogP contribution in [0.4, 0.5) is 4.39 Å². The second-order valence-electron chi connectivity index (χ2n) is 7.13. The highest BCUT2D eigenvalue weighted by molar-refractivity contribution is 5.81. The molecule has 1 heterocycles. The average Bonchev–Trinajstić information content (AvgIpc) is 3.29. The molecule has 0 aliphatic carbocycles. The van der Waals surface area contributed by atoms with Gasteiger partial charge in [-0.15, -0.1) is 6.58 Å². The number of benzene rings is 2. The van der Waals surface area contributed by atoms with Crippen molar-refractivity contribution in [2.75, 3.05) is 0 Å². The minimum atomic E-state index is -0.997. The molecular weight excluding hydrogens is 383 g/mol. The smallest absolute Gasteiger partial charge is 0.165 e. The Labute approximate surface area is 175 Å². The Balaban J connectivity index is 1.80. The van der Waals surface area contributed by atoms with Crippen LogP contribution in [-0.2, 0) is 0 Å². The normalized spacial score (nSPS) is 14.8. The van der Waals surface area contributed by atoms with Gasteiger partial charge in [0.25, 0.3) is 0 Å². The van der Waals surface area contributed by atoms with E-state index in [1.807, 2.05) is 36.4 Å². The number of hydrogen-bond donors (Lipinski definition) is 3. The fourth-order valence-corrected chi connectivity index (χ4v) is 3.41. The summed E-state index contributed by atoms with van der Waals surface area (Å²) < 4.78 is 19.0. The van der Waals surface area contributed by atoms with E-state index in [1.54, 1.807) is 18.2 Å². The number of furan rings is 1. The Morgan fingerprint density at radius 2 is 1.83 bits per heavy atom. The molecule has 4 nitrogen and oxygen atoms in total. The van der Waals surface area contributed by atoms with Crippen LogP contribution in [0.3, 0.4) is 0 Å². The Hall–Kier alpha value is -3.15. The van der Waals surface area contributed by atoms with E-state index >= 15 is 0 Å². The van der Waals surface area contributed by atoms with Crippen LogP contribution in [0.1, 0.15) is 35.8 Å². The number of rotatable bonds is 9. The Bertz CT molecular complexity index is 980. The third-order valence-corrected chi connectivity index (χ3v) is 5.08. The van der Waals surface area contributed by atoms with Crippen LogP contribution in [0.5, 0.6) is 5.75 Å². The second-order valence-corrected chi connectivity index (χ2v) is 7.13. The standard InChI is InChI=1S/C25H25FO4/c1-2-20(25(29)24-9-6-14-30-24)22(27)13-11-19(18-7-4-3-5-8-18)15-17-10-12-23(28)21(26)16-17/h2-10,12,14-16,20,22,25,27-29H,1,11,13H2/b19-15-/t20-,22-,25+/m1/s1. The predicted molar refractivity (Wildman–Crippen MR) is 115 cm³/mol. The molecule has 0 saturated heterocycles. The van der Waals surface area contributed by atoms with Crippen LogP contribution in [-0.4, -0.2) is 21.4 Å². The van der Waals surface area contributed by atoms with E-state index in [1.165, 1.54) is 24.5 Å². The first-order valence-electron chi connectivity index (χ1n) is 9.76. The van der Waals surface area contributed by atoms with Gasteiger partial charge in [-0.05, 0) is 53.8 Å². The summed E-state index contributed by atoms with van der Waals surface area (Å²) in [5.41, 5.74) is 2.45. The van der Waals surface area contributed by atoms with Gasteiger partial charge in [0.15, 0.2) is 11.6 Å². The third-order valence-electron chi connectivity index (χ3n) is 5.08. The Morgan fingerprint density at radius 3 is 2.47 bits per heavy atom. The van der Waals surface area contributed by atoms with Gasteiger partial charge in [-0.2, -0.15) is 0 Å². The molecular formula is C25H25FO4. The molecule has 0 amide bonds. The van der Waals surface area contributed by atoms with Crippen LogP contribution >= 0.6 is 0 Å². The maximum atomic E-state index is 13.8. The summed E-state index contributed by atoms with van der Waals surface area (Å²) in [7, 11) is 0. The molecule has 0 radical (unpaired) electrons. The number of halogens is 1. The largest absolute Gasteiger partial charge is 0.505 e. The molecule has 0 unspecified atom stereocenters. The topological polar surface area (TPSA) is 73.8 Å². The summed E-state index contributed by atoms with van der Waals surface area (Å²) in [5.74, 6) is -1.31. The van der Waals surface area contributed by atoms with Gasteiger partial charge in [0.2, 0.25) is 0 Å². The van der Waals surface area contributed by atoms with E-state index in [2.05, 4.69) is 6.58 Å². The lowest BCUT2D eigenvalue weighted by atomic mass is 9.89. The van der Waals surface area contributed by atoms with Crippen molar-refractivity contribution < 1.29 is 24.1 Å². The van der Waals surface area contributed by atoms with E-state index in [4.69, 9.17) is 4.42 Å². The molecule has 30 heavy (non-hydrogen) atoms. The zero-order valence-corrected chi connectivity index (χ0v) is 16.5. The number of allylic oxidation sites excluding steroid dienone is 1. The van der Waals surface area contributed by atoms with Crippen LogP contribution in [0.2, 0.25) is 0 Å². The Kier molecular flexibility index (Phi) is 7.22. The van der Waals surface area contributed by atoms with Crippen molar-refractivity contribution in [3.8, 4) is 5.75 Å². The highest BCUT2D eigenvalue weighted by Crippen LogP contribution is 2.31. The molecule has 0 spiro atoms. The zero-order valence-electron chi connectivity index (χ0n) is 16.5. The summed E-state index contributed by atoms with van der Waals surface area (Å²) in [6, 6.07) is 17.1. The number of phenolic OH excluding ortho intramolecular Hbond substituents is 1. The molecule has 0 bridgehead atoms. The SMILES string of the molecule is C=C[C@H]([C@H](O)CC/C(=C/c1ccc(O)c(F)c1)c1ccccc1)[C@H](O)c1ccco1. The molecule has 0 saturated carbocycles. The van der Waals surface area contributed by atoms with E-state index in [0.717, 1.165) is 11.1 Å². The van der Waals surface area contributed by atoms with Crippen LogP contribution in [0, 0.1) is 11.7 Å². The van der Waals surface area contributed by atoms with E-state index in [9.17, 15) is 19.7 Å². The number of aliphatic hydroxyl groups excluding tert-OH is 2. The molecule has 1 aromatic heterocycles. The third kappa shape index (κ3) is 5.26. The second kappa shape index (κ2) is 10.1. The van der Waals surface area contributed by atoms with Gasteiger partial charge in [0, 0.05) is 5.92 Å². The molecule has 3 atom stereocenters. The van der Waals surface area contributed by atoms with Crippen molar-refractivity contribution in [1.82, 2.24) is 0 Å². The van der Waals surface area contributed by atoms with Gasteiger partial charge >= 0.3 is 0 Å². The predicted octanol–water partition coefficient (Wildman–Crippen LogP) is 5.34. The van der Waals surface area contributed by atoms with Gasteiger partial charge in [-0.3, -0.25) is 0 Å². The highest BCUT2D eigenvalue weighted by Gasteiger charge is 2.27. The lowest BCUT2D eigenvalue weighted by molar-refractivity contribution is 0.0214. The molecule has 3 aromatic rings. The van der Waals surface area contributed by atoms with Gasteiger partial charge < -0.3 is 19.7 Å². The maximum Gasteiger partial charge on any atom is 0.165 e. The molecule has 5 heteroatoms. The van der Waals surface area contributed by atoms with Gasteiger partial charge in [-0.25, -0.2) is 4.39 Å². The lowest BCUT2D eigenvalue weighted by Crippen LogP contribution is -2.24. The first-order valence-corrected chi connectivity index (χ1v) is 9.76. The molecule has 3 N–H and O–H groups in total. The van der Waals surface area contributed by atoms with Crippen molar-refractivity contribution in [1.29, 1.82) is 0 Å². The lowest BCUT2D eigenvalue weighted by Gasteiger charge is -2.24. The number of aliphatic hydroxyl groups is 2. The minimum Gasteiger partial charge on any atom is -0.505 e. The fraction of sp³-hybridized carbons (Fsp3) is 0.200. The first-order chi connectivity index (χ1) is 14.5. The van der Waals surface area contributed by atoms with Crippen molar-refractivity contribution in [2.45, 2.75) is 25.0 Å². The van der Waals surface area contributed by atoms with E-state index in [0.29, 0.717) is 24.2 Å². The zero-order chi connectivity index (χ0) is 21.5. The quantitative estimate of drug-likeness (QED) is 0.330. The van der Waals surface area contributed by atoms with Gasteiger partial charge in [0.1, 0.15) is 11.9 Å². The molecule has 3 rings (SSSR count). The van der Waals surface area contributed by atoms with Crippen molar-refractivity contribution >= 4 is 11.6 Å². The van der Waals surface area contributed by atoms with Crippen molar-refractivity contribution in [3.63, 3.8) is 0 Å².